The molecular formula is C15H20FNS. The van der Waals surface area contributed by atoms with Crippen molar-refractivity contribution in [1.82, 2.24) is 0 Å². The van der Waals surface area contributed by atoms with Gasteiger partial charge in [-0.25, -0.2) is 4.39 Å². The number of thiocarbonyl (C=S) groups is 1. The molecule has 2 rings (SSSR count). The van der Waals surface area contributed by atoms with E-state index in [-0.39, 0.29) is 5.82 Å². The SMILES string of the molecule is CC(C)CCCN1C(=S)CCc2cc(F)ccc21. The van der Waals surface area contributed by atoms with Crippen molar-refractivity contribution < 1.29 is 4.39 Å². The minimum absolute atomic E-state index is 0.149. The van der Waals surface area contributed by atoms with Gasteiger partial charge in [0.1, 0.15) is 5.82 Å². The molecule has 0 N–H and O–H groups in total. The Morgan fingerprint density at radius 2 is 2.11 bits per heavy atom. The van der Waals surface area contributed by atoms with E-state index in [0.717, 1.165) is 48.0 Å². The van der Waals surface area contributed by atoms with Gasteiger partial charge in [-0.05, 0) is 48.9 Å². The number of fused-ring (bicyclic) bond motifs is 1. The van der Waals surface area contributed by atoms with E-state index in [2.05, 4.69) is 18.7 Å². The Morgan fingerprint density at radius 3 is 2.83 bits per heavy atom. The van der Waals surface area contributed by atoms with Crippen LogP contribution in [0.4, 0.5) is 10.1 Å². The van der Waals surface area contributed by atoms with Gasteiger partial charge < -0.3 is 4.90 Å². The molecule has 0 bridgehead atoms. The Morgan fingerprint density at radius 1 is 1.33 bits per heavy atom. The molecule has 98 valence electrons. The van der Waals surface area contributed by atoms with Crippen LogP contribution in [0.25, 0.3) is 0 Å². The van der Waals surface area contributed by atoms with Gasteiger partial charge in [0.15, 0.2) is 0 Å². The second-order valence-corrected chi connectivity index (χ2v) is 5.83. The van der Waals surface area contributed by atoms with E-state index >= 15 is 0 Å². The van der Waals surface area contributed by atoms with Gasteiger partial charge in [0.2, 0.25) is 0 Å². The molecule has 1 heterocycles. The van der Waals surface area contributed by atoms with Gasteiger partial charge in [-0.3, -0.25) is 0 Å². The summed E-state index contributed by atoms with van der Waals surface area (Å²) in [5, 5.41) is 0. The number of halogens is 1. The molecule has 0 spiro atoms. The normalized spacial score (nSPS) is 15.1. The lowest BCUT2D eigenvalue weighted by atomic mass is 10.0. The molecule has 3 heteroatoms. The highest BCUT2D eigenvalue weighted by atomic mass is 32.1. The van der Waals surface area contributed by atoms with Crippen LogP contribution >= 0.6 is 12.2 Å². The fourth-order valence-corrected chi connectivity index (χ4v) is 2.72. The van der Waals surface area contributed by atoms with Crippen molar-refractivity contribution in [3.63, 3.8) is 0 Å². The number of hydrogen-bond acceptors (Lipinski definition) is 1. The Balaban J connectivity index is 2.12. The second-order valence-electron chi connectivity index (χ2n) is 5.35. The number of nitrogens with zero attached hydrogens (tertiary/aromatic N) is 1. The summed E-state index contributed by atoms with van der Waals surface area (Å²) in [4.78, 5) is 3.19. The third-order valence-electron chi connectivity index (χ3n) is 3.40. The van der Waals surface area contributed by atoms with Crippen LogP contribution < -0.4 is 4.90 Å². The molecule has 18 heavy (non-hydrogen) atoms. The molecular weight excluding hydrogens is 245 g/mol. The summed E-state index contributed by atoms with van der Waals surface area (Å²) in [6, 6.07) is 5.04. The summed E-state index contributed by atoms with van der Waals surface area (Å²) >= 11 is 5.45. The van der Waals surface area contributed by atoms with Crippen LogP contribution in [-0.2, 0) is 6.42 Å². The zero-order valence-electron chi connectivity index (χ0n) is 11.1. The maximum Gasteiger partial charge on any atom is 0.123 e. The number of aryl methyl sites for hydroxylation is 1. The standard InChI is InChI=1S/C15H20FNS/c1-11(2)4-3-9-17-14-7-6-13(16)10-12(14)5-8-15(17)18/h6-7,10-11H,3-5,8-9H2,1-2H3. The number of hydrogen-bond donors (Lipinski definition) is 0. The first-order valence-corrected chi connectivity index (χ1v) is 7.07. The Hall–Kier alpha value is -0.960. The monoisotopic (exact) mass is 265 g/mol. The zero-order valence-corrected chi connectivity index (χ0v) is 11.9. The van der Waals surface area contributed by atoms with Crippen molar-refractivity contribution in [3.05, 3.63) is 29.6 Å². The van der Waals surface area contributed by atoms with Crippen molar-refractivity contribution in [2.75, 3.05) is 11.4 Å². The highest BCUT2D eigenvalue weighted by Gasteiger charge is 2.21. The van der Waals surface area contributed by atoms with Gasteiger partial charge >= 0.3 is 0 Å². The van der Waals surface area contributed by atoms with Gasteiger partial charge in [0.05, 0.1) is 4.99 Å². The first kappa shape index (κ1) is 13.5. The molecule has 0 atom stereocenters. The quantitative estimate of drug-likeness (QED) is 0.745. The van der Waals surface area contributed by atoms with Crippen LogP contribution in [0.5, 0.6) is 0 Å². The largest absolute Gasteiger partial charge is 0.336 e. The second kappa shape index (κ2) is 5.79. The van der Waals surface area contributed by atoms with Crippen molar-refractivity contribution in [2.24, 2.45) is 5.92 Å². The van der Waals surface area contributed by atoms with Crippen molar-refractivity contribution >= 4 is 22.9 Å². The van der Waals surface area contributed by atoms with Gasteiger partial charge in [-0.1, -0.05) is 26.1 Å². The molecule has 0 aromatic heterocycles. The lowest BCUT2D eigenvalue weighted by Crippen LogP contribution is -2.34. The highest BCUT2D eigenvalue weighted by Crippen LogP contribution is 2.29. The fourth-order valence-electron chi connectivity index (χ4n) is 2.43. The maximum atomic E-state index is 13.2. The molecule has 1 nitrogen and oxygen atoms in total. The lowest BCUT2D eigenvalue weighted by molar-refractivity contribution is 0.559. The van der Waals surface area contributed by atoms with E-state index in [1.807, 2.05) is 6.07 Å². The number of anilines is 1. The average molecular weight is 265 g/mol. The fraction of sp³-hybridized carbons (Fsp3) is 0.533. The van der Waals surface area contributed by atoms with Crippen molar-refractivity contribution in [3.8, 4) is 0 Å². The minimum atomic E-state index is -0.149. The summed E-state index contributed by atoms with van der Waals surface area (Å²) in [5.41, 5.74) is 2.20. The molecule has 1 aromatic carbocycles. The van der Waals surface area contributed by atoms with Crippen LogP contribution in [0, 0.1) is 11.7 Å². The van der Waals surface area contributed by atoms with E-state index < -0.39 is 0 Å². The average Bonchev–Trinajstić information content (AvgIpc) is 2.31. The Kier molecular flexibility index (Phi) is 4.33. The molecule has 0 amide bonds. The van der Waals surface area contributed by atoms with Gasteiger partial charge in [0.25, 0.3) is 0 Å². The summed E-state index contributed by atoms with van der Waals surface area (Å²) in [5.74, 6) is 0.569. The van der Waals surface area contributed by atoms with E-state index in [4.69, 9.17) is 12.2 Å². The Labute approximate surface area is 114 Å². The van der Waals surface area contributed by atoms with Crippen LogP contribution in [0.2, 0.25) is 0 Å². The zero-order chi connectivity index (χ0) is 13.1. The summed E-state index contributed by atoms with van der Waals surface area (Å²) in [6.07, 6.45) is 4.07. The topological polar surface area (TPSA) is 3.24 Å². The lowest BCUT2D eigenvalue weighted by Gasteiger charge is -2.32. The van der Waals surface area contributed by atoms with Crippen molar-refractivity contribution in [1.29, 1.82) is 0 Å². The molecule has 0 unspecified atom stereocenters. The third kappa shape index (κ3) is 3.08. The smallest absolute Gasteiger partial charge is 0.123 e. The molecule has 1 aliphatic rings. The van der Waals surface area contributed by atoms with E-state index in [9.17, 15) is 4.39 Å². The van der Waals surface area contributed by atoms with Gasteiger partial charge in [0, 0.05) is 18.7 Å². The Bertz CT molecular complexity index is 442. The molecule has 1 aromatic rings. The molecule has 1 aliphatic heterocycles. The van der Waals surface area contributed by atoms with Crippen LogP contribution in [0.15, 0.2) is 18.2 Å². The molecule has 0 fully saturated rings. The van der Waals surface area contributed by atoms with E-state index in [0.29, 0.717) is 0 Å². The number of benzene rings is 1. The van der Waals surface area contributed by atoms with Crippen molar-refractivity contribution in [2.45, 2.75) is 39.5 Å². The third-order valence-corrected chi connectivity index (χ3v) is 3.83. The maximum absolute atomic E-state index is 13.2. The van der Waals surface area contributed by atoms with Gasteiger partial charge in [-0.2, -0.15) is 0 Å². The highest BCUT2D eigenvalue weighted by molar-refractivity contribution is 7.80. The predicted octanol–water partition coefficient (Wildman–Crippen LogP) is 4.34. The van der Waals surface area contributed by atoms with E-state index in [1.165, 1.54) is 12.5 Å². The first-order chi connectivity index (χ1) is 8.58. The predicted molar refractivity (Wildman–Crippen MR) is 78.7 cm³/mol. The van der Waals surface area contributed by atoms with Gasteiger partial charge in [-0.15, -0.1) is 0 Å². The first-order valence-electron chi connectivity index (χ1n) is 6.66. The van der Waals surface area contributed by atoms with Crippen LogP contribution in [0.1, 0.15) is 38.7 Å². The molecule has 0 radical (unpaired) electrons. The molecule has 0 saturated carbocycles. The molecule has 0 aliphatic carbocycles. The summed E-state index contributed by atoms with van der Waals surface area (Å²) < 4.78 is 13.2. The summed E-state index contributed by atoms with van der Waals surface area (Å²) in [6.45, 7) is 5.42. The van der Waals surface area contributed by atoms with E-state index in [1.54, 1.807) is 6.07 Å². The molecule has 0 saturated heterocycles. The number of rotatable bonds is 4. The van der Waals surface area contributed by atoms with Crippen LogP contribution in [-0.4, -0.2) is 11.5 Å². The van der Waals surface area contributed by atoms with Crippen LogP contribution in [0.3, 0.4) is 0 Å². The summed E-state index contributed by atoms with van der Waals surface area (Å²) in [7, 11) is 0. The minimum Gasteiger partial charge on any atom is -0.336 e.